The topological polar surface area (TPSA) is 83.9 Å². The van der Waals surface area contributed by atoms with Crippen LogP contribution in [0.25, 0.3) is 0 Å². The predicted molar refractivity (Wildman–Crippen MR) is 72.5 cm³/mol. The van der Waals surface area contributed by atoms with E-state index in [9.17, 15) is 13.2 Å². The summed E-state index contributed by atoms with van der Waals surface area (Å²) in [5, 5.41) is 8.94. The number of carbonyl (C=O) groups is 1. The van der Waals surface area contributed by atoms with Gasteiger partial charge in [-0.05, 0) is 31.0 Å². The quantitative estimate of drug-likeness (QED) is 0.862. The van der Waals surface area contributed by atoms with Crippen LogP contribution in [0.2, 0.25) is 0 Å². The van der Waals surface area contributed by atoms with Crippen LogP contribution in [0.1, 0.15) is 30.1 Å². The minimum absolute atomic E-state index is 0.00438. The molecule has 0 heterocycles. The highest BCUT2D eigenvalue weighted by molar-refractivity contribution is 7.89. The molecule has 1 aromatic rings. The van der Waals surface area contributed by atoms with Gasteiger partial charge in [-0.1, -0.05) is 6.92 Å². The Hall–Kier alpha value is -1.60. The van der Waals surface area contributed by atoms with Crippen LogP contribution < -0.4 is 4.74 Å². The molecule has 1 aliphatic rings. The molecule has 1 fully saturated rings. The van der Waals surface area contributed by atoms with Crippen LogP contribution in [0, 0.1) is 0 Å². The monoisotopic (exact) mass is 299 g/mol. The molecule has 0 bridgehead atoms. The highest BCUT2D eigenvalue weighted by Gasteiger charge is 2.38. The van der Waals surface area contributed by atoms with Crippen molar-refractivity contribution in [2.45, 2.75) is 30.7 Å². The smallest absolute Gasteiger partial charge is 0.335 e. The largest absolute Gasteiger partial charge is 0.495 e. The van der Waals surface area contributed by atoms with E-state index in [1.807, 2.05) is 0 Å². The first-order chi connectivity index (χ1) is 9.41. The molecule has 0 unspecified atom stereocenters. The number of rotatable bonds is 6. The Bertz CT molecular complexity index is 622. The zero-order valence-corrected chi connectivity index (χ0v) is 12.2. The molecule has 2 rings (SSSR count). The van der Waals surface area contributed by atoms with Gasteiger partial charge >= 0.3 is 5.97 Å². The van der Waals surface area contributed by atoms with Gasteiger partial charge in [-0.3, -0.25) is 0 Å². The standard InChI is InChI=1S/C13H17NO5S/c1-3-14(10-5-6-10)20(17,18)12-7-4-9(13(15)16)8-11(12)19-2/h4,7-8,10H,3,5-6H2,1-2H3,(H,15,16). The van der Waals surface area contributed by atoms with E-state index in [0.717, 1.165) is 12.8 Å². The number of hydrogen-bond acceptors (Lipinski definition) is 4. The molecular weight excluding hydrogens is 282 g/mol. The van der Waals surface area contributed by atoms with Crippen molar-refractivity contribution in [2.75, 3.05) is 13.7 Å². The number of ether oxygens (including phenoxy) is 1. The molecule has 1 aliphatic carbocycles. The lowest BCUT2D eigenvalue weighted by Gasteiger charge is -2.21. The maximum Gasteiger partial charge on any atom is 0.335 e. The number of carboxylic acid groups (broad SMARTS) is 1. The molecule has 0 spiro atoms. The number of nitrogens with zero attached hydrogens (tertiary/aromatic N) is 1. The van der Waals surface area contributed by atoms with E-state index in [-0.39, 0.29) is 22.3 Å². The minimum Gasteiger partial charge on any atom is -0.495 e. The third-order valence-electron chi connectivity index (χ3n) is 3.26. The third-order valence-corrected chi connectivity index (χ3v) is 5.33. The molecule has 20 heavy (non-hydrogen) atoms. The van der Waals surface area contributed by atoms with Crippen LogP contribution in [0.15, 0.2) is 23.1 Å². The van der Waals surface area contributed by atoms with E-state index in [1.54, 1.807) is 6.92 Å². The summed E-state index contributed by atoms with van der Waals surface area (Å²) in [5.74, 6) is -1.06. The number of benzene rings is 1. The second-order valence-corrected chi connectivity index (χ2v) is 6.47. The van der Waals surface area contributed by atoms with Crippen molar-refractivity contribution < 1.29 is 23.1 Å². The molecule has 1 aromatic carbocycles. The number of aromatic carboxylic acids is 1. The Labute approximate surface area is 118 Å². The van der Waals surface area contributed by atoms with Crippen LogP contribution in [0.3, 0.4) is 0 Å². The van der Waals surface area contributed by atoms with Crippen molar-refractivity contribution >= 4 is 16.0 Å². The molecule has 6 nitrogen and oxygen atoms in total. The lowest BCUT2D eigenvalue weighted by molar-refractivity contribution is 0.0696. The summed E-state index contributed by atoms with van der Waals surface area (Å²) in [6, 6.07) is 3.85. The predicted octanol–water partition coefficient (Wildman–Crippen LogP) is 1.57. The molecular formula is C13H17NO5S. The van der Waals surface area contributed by atoms with Crippen molar-refractivity contribution in [3.8, 4) is 5.75 Å². The lowest BCUT2D eigenvalue weighted by Crippen LogP contribution is -2.33. The van der Waals surface area contributed by atoms with Crippen molar-refractivity contribution in [2.24, 2.45) is 0 Å². The van der Waals surface area contributed by atoms with Crippen molar-refractivity contribution in [1.29, 1.82) is 0 Å². The first-order valence-corrected chi connectivity index (χ1v) is 7.79. The van der Waals surface area contributed by atoms with Crippen molar-refractivity contribution in [3.05, 3.63) is 23.8 Å². The van der Waals surface area contributed by atoms with Gasteiger partial charge in [0, 0.05) is 12.6 Å². The molecule has 1 N–H and O–H groups in total. The van der Waals surface area contributed by atoms with Gasteiger partial charge in [0.2, 0.25) is 10.0 Å². The summed E-state index contributed by atoms with van der Waals surface area (Å²) in [7, 11) is -2.33. The first kappa shape index (κ1) is 14.8. The van der Waals surface area contributed by atoms with E-state index in [2.05, 4.69) is 0 Å². The lowest BCUT2D eigenvalue weighted by atomic mass is 10.2. The number of methoxy groups -OCH3 is 1. The molecule has 0 aromatic heterocycles. The average molecular weight is 299 g/mol. The van der Waals surface area contributed by atoms with Crippen LogP contribution in [-0.4, -0.2) is 43.5 Å². The highest BCUT2D eigenvalue weighted by atomic mass is 32.2. The third kappa shape index (κ3) is 2.64. The van der Waals surface area contributed by atoms with Gasteiger partial charge in [0.25, 0.3) is 0 Å². The second-order valence-electron chi connectivity index (χ2n) is 4.61. The zero-order valence-electron chi connectivity index (χ0n) is 11.4. The van der Waals surface area contributed by atoms with Gasteiger partial charge in [-0.2, -0.15) is 4.31 Å². The van der Waals surface area contributed by atoms with E-state index < -0.39 is 16.0 Å². The minimum atomic E-state index is -3.66. The fourth-order valence-corrected chi connectivity index (χ4v) is 3.96. The Morgan fingerprint density at radius 1 is 1.45 bits per heavy atom. The summed E-state index contributed by atoms with van der Waals surface area (Å²) in [6.45, 7) is 2.17. The summed E-state index contributed by atoms with van der Waals surface area (Å²) in [6.07, 6.45) is 1.73. The fraction of sp³-hybridized carbons (Fsp3) is 0.462. The maximum absolute atomic E-state index is 12.6. The number of carboxylic acids is 1. The Morgan fingerprint density at radius 2 is 2.10 bits per heavy atom. The Balaban J connectivity index is 2.48. The Kier molecular flexibility index (Phi) is 4.01. The van der Waals surface area contributed by atoms with Gasteiger partial charge in [-0.15, -0.1) is 0 Å². The van der Waals surface area contributed by atoms with Gasteiger partial charge in [0.1, 0.15) is 10.6 Å². The van der Waals surface area contributed by atoms with E-state index in [4.69, 9.17) is 9.84 Å². The normalized spacial score (nSPS) is 15.3. The second kappa shape index (κ2) is 5.41. The number of hydrogen-bond donors (Lipinski definition) is 1. The van der Waals surface area contributed by atoms with Gasteiger partial charge in [0.05, 0.1) is 12.7 Å². The highest BCUT2D eigenvalue weighted by Crippen LogP contribution is 2.35. The van der Waals surface area contributed by atoms with Crippen LogP contribution >= 0.6 is 0 Å². The van der Waals surface area contributed by atoms with E-state index in [0.29, 0.717) is 6.54 Å². The van der Waals surface area contributed by atoms with Crippen LogP contribution in [-0.2, 0) is 10.0 Å². The van der Waals surface area contributed by atoms with Crippen molar-refractivity contribution in [1.82, 2.24) is 4.31 Å². The van der Waals surface area contributed by atoms with Crippen LogP contribution in [0.4, 0.5) is 0 Å². The number of sulfonamides is 1. The molecule has 1 saturated carbocycles. The average Bonchev–Trinajstić information content (AvgIpc) is 3.22. The maximum atomic E-state index is 12.6. The van der Waals surface area contributed by atoms with E-state index >= 15 is 0 Å². The first-order valence-electron chi connectivity index (χ1n) is 6.35. The molecule has 7 heteroatoms. The fourth-order valence-electron chi connectivity index (χ4n) is 2.13. The van der Waals surface area contributed by atoms with E-state index in [1.165, 1.54) is 29.6 Å². The summed E-state index contributed by atoms with van der Waals surface area (Å²) < 4.78 is 31.7. The van der Waals surface area contributed by atoms with Gasteiger partial charge < -0.3 is 9.84 Å². The molecule has 0 aliphatic heterocycles. The van der Waals surface area contributed by atoms with Crippen LogP contribution in [0.5, 0.6) is 5.75 Å². The summed E-state index contributed by atoms with van der Waals surface area (Å²) in [4.78, 5) is 10.9. The Morgan fingerprint density at radius 3 is 2.55 bits per heavy atom. The van der Waals surface area contributed by atoms with Gasteiger partial charge in [0.15, 0.2) is 0 Å². The SMILES string of the molecule is CCN(C1CC1)S(=O)(=O)c1ccc(C(=O)O)cc1OC. The molecule has 110 valence electrons. The summed E-state index contributed by atoms with van der Waals surface area (Å²) >= 11 is 0. The molecule has 0 saturated heterocycles. The van der Waals surface area contributed by atoms with Gasteiger partial charge in [-0.25, -0.2) is 13.2 Å². The van der Waals surface area contributed by atoms with Crippen molar-refractivity contribution in [3.63, 3.8) is 0 Å². The molecule has 0 amide bonds. The zero-order chi connectivity index (χ0) is 14.9. The molecule has 0 radical (unpaired) electrons. The summed E-state index contributed by atoms with van der Waals surface area (Å²) in [5.41, 5.74) is -0.00438. The molecule has 0 atom stereocenters.